The minimum atomic E-state index is -4.50. The molecular formula is C10H5F3O2. The van der Waals surface area contributed by atoms with Gasteiger partial charge in [-0.15, -0.1) is 0 Å². The number of aldehydes is 1. The predicted molar refractivity (Wildman–Crippen MR) is 46.6 cm³/mol. The van der Waals surface area contributed by atoms with Crippen molar-refractivity contribution in [2.24, 2.45) is 0 Å². The zero-order chi connectivity index (χ0) is 11.1. The van der Waals surface area contributed by atoms with Crippen LogP contribution in [0.1, 0.15) is 16.1 Å². The Morgan fingerprint density at radius 3 is 2.53 bits per heavy atom. The number of benzene rings is 1. The van der Waals surface area contributed by atoms with Gasteiger partial charge in [-0.1, -0.05) is 0 Å². The van der Waals surface area contributed by atoms with E-state index >= 15 is 0 Å². The maximum Gasteiger partial charge on any atom is 0.449 e. The lowest BCUT2D eigenvalue weighted by atomic mass is 10.2. The Bertz CT molecular complexity index is 511. The fraction of sp³-hybridized carbons (Fsp3) is 0.100. The highest BCUT2D eigenvalue weighted by Crippen LogP contribution is 2.33. The van der Waals surface area contributed by atoms with Gasteiger partial charge in [0.2, 0.25) is 5.76 Å². The molecule has 0 aliphatic heterocycles. The van der Waals surface area contributed by atoms with Crippen LogP contribution in [-0.4, -0.2) is 6.29 Å². The van der Waals surface area contributed by atoms with Crippen LogP contribution in [0.15, 0.2) is 28.7 Å². The number of hydrogen-bond acceptors (Lipinski definition) is 2. The van der Waals surface area contributed by atoms with Crippen molar-refractivity contribution in [3.8, 4) is 0 Å². The number of furan rings is 1. The third-order valence-corrected chi connectivity index (χ3v) is 1.96. The molecule has 0 unspecified atom stereocenters. The molecule has 0 fully saturated rings. The third kappa shape index (κ3) is 1.72. The molecule has 0 aliphatic carbocycles. The Hall–Kier alpha value is -1.78. The van der Waals surface area contributed by atoms with Gasteiger partial charge in [0.1, 0.15) is 11.9 Å². The monoisotopic (exact) mass is 214 g/mol. The van der Waals surface area contributed by atoms with Gasteiger partial charge in [-0.25, -0.2) is 0 Å². The zero-order valence-electron chi connectivity index (χ0n) is 7.34. The summed E-state index contributed by atoms with van der Waals surface area (Å²) in [7, 11) is 0. The Kier molecular flexibility index (Phi) is 2.03. The highest BCUT2D eigenvalue weighted by Gasteiger charge is 2.35. The Morgan fingerprint density at radius 1 is 1.20 bits per heavy atom. The standard InChI is InChI=1S/C10H5F3O2/c11-10(12,13)9-4-7-3-6(5-14)1-2-8(7)15-9/h1-5H. The SMILES string of the molecule is O=Cc1ccc2oc(C(F)(F)F)cc2c1. The van der Waals surface area contributed by atoms with Gasteiger partial charge in [-0.3, -0.25) is 4.79 Å². The molecule has 0 aliphatic rings. The van der Waals surface area contributed by atoms with E-state index in [2.05, 4.69) is 4.42 Å². The molecule has 1 aromatic heterocycles. The number of rotatable bonds is 1. The second-order valence-corrected chi connectivity index (χ2v) is 3.02. The van der Waals surface area contributed by atoms with Crippen molar-refractivity contribution in [3.63, 3.8) is 0 Å². The first-order valence-electron chi connectivity index (χ1n) is 4.06. The molecule has 0 saturated heterocycles. The Balaban J connectivity index is 2.61. The highest BCUT2D eigenvalue weighted by atomic mass is 19.4. The molecule has 0 bridgehead atoms. The molecule has 15 heavy (non-hydrogen) atoms. The van der Waals surface area contributed by atoms with Crippen molar-refractivity contribution >= 4 is 17.3 Å². The van der Waals surface area contributed by atoms with E-state index in [1.54, 1.807) is 0 Å². The van der Waals surface area contributed by atoms with Crippen LogP contribution in [0, 0.1) is 0 Å². The molecule has 1 aromatic carbocycles. The van der Waals surface area contributed by atoms with Gasteiger partial charge in [0.25, 0.3) is 0 Å². The van der Waals surface area contributed by atoms with E-state index < -0.39 is 11.9 Å². The van der Waals surface area contributed by atoms with Crippen LogP contribution >= 0.6 is 0 Å². The molecule has 78 valence electrons. The lowest BCUT2D eigenvalue weighted by Crippen LogP contribution is -2.01. The fourth-order valence-corrected chi connectivity index (χ4v) is 1.27. The van der Waals surface area contributed by atoms with Gasteiger partial charge in [0, 0.05) is 10.9 Å². The second kappa shape index (κ2) is 3.12. The topological polar surface area (TPSA) is 30.2 Å². The highest BCUT2D eigenvalue weighted by molar-refractivity contribution is 5.86. The van der Waals surface area contributed by atoms with Crippen molar-refractivity contribution in [2.75, 3.05) is 0 Å². The van der Waals surface area contributed by atoms with Crippen LogP contribution < -0.4 is 0 Å². The van der Waals surface area contributed by atoms with E-state index in [-0.39, 0.29) is 11.0 Å². The summed E-state index contributed by atoms with van der Waals surface area (Å²) >= 11 is 0. The predicted octanol–water partition coefficient (Wildman–Crippen LogP) is 3.26. The van der Waals surface area contributed by atoms with Crippen molar-refractivity contribution in [2.45, 2.75) is 6.18 Å². The largest absolute Gasteiger partial charge is 0.452 e. The van der Waals surface area contributed by atoms with Gasteiger partial charge in [-0.05, 0) is 24.3 Å². The first kappa shape index (κ1) is 9.76. The number of fused-ring (bicyclic) bond motifs is 1. The van der Waals surface area contributed by atoms with Gasteiger partial charge in [0.05, 0.1) is 0 Å². The first-order chi connectivity index (χ1) is 7.00. The quantitative estimate of drug-likeness (QED) is 0.682. The Labute approximate surface area is 82.3 Å². The van der Waals surface area contributed by atoms with Gasteiger partial charge >= 0.3 is 6.18 Å². The van der Waals surface area contributed by atoms with Crippen molar-refractivity contribution in [3.05, 3.63) is 35.6 Å². The number of carbonyl (C=O) groups is 1. The fourth-order valence-electron chi connectivity index (χ4n) is 1.27. The van der Waals surface area contributed by atoms with E-state index in [4.69, 9.17) is 0 Å². The molecule has 0 amide bonds. The number of halogens is 3. The molecule has 0 spiro atoms. The summed E-state index contributed by atoms with van der Waals surface area (Å²) in [6, 6.07) is 4.97. The van der Waals surface area contributed by atoms with E-state index in [1.165, 1.54) is 18.2 Å². The second-order valence-electron chi connectivity index (χ2n) is 3.02. The molecule has 0 atom stereocenters. The average Bonchev–Trinajstić information content (AvgIpc) is 2.59. The van der Waals surface area contributed by atoms with Crippen LogP contribution in [0.2, 0.25) is 0 Å². The smallest absolute Gasteiger partial charge is 0.449 e. The molecule has 2 nitrogen and oxygen atoms in total. The summed E-state index contributed by atoms with van der Waals surface area (Å²) in [4.78, 5) is 10.4. The third-order valence-electron chi connectivity index (χ3n) is 1.96. The molecule has 0 N–H and O–H groups in total. The molecule has 1 heterocycles. The number of alkyl halides is 3. The van der Waals surface area contributed by atoms with Crippen LogP contribution in [0.25, 0.3) is 11.0 Å². The summed E-state index contributed by atoms with van der Waals surface area (Å²) in [5.74, 6) is -1.06. The maximum atomic E-state index is 12.2. The molecule has 0 saturated carbocycles. The van der Waals surface area contributed by atoms with Crippen molar-refractivity contribution < 1.29 is 22.4 Å². The van der Waals surface area contributed by atoms with E-state index in [1.807, 2.05) is 0 Å². The maximum absolute atomic E-state index is 12.2. The molecule has 5 heteroatoms. The normalized spacial score (nSPS) is 11.9. The average molecular weight is 214 g/mol. The summed E-state index contributed by atoms with van der Waals surface area (Å²) in [5.41, 5.74) is 0.435. The van der Waals surface area contributed by atoms with Crippen LogP contribution in [-0.2, 0) is 6.18 Å². The van der Waals surface area contributed by atoms with Crippen LogP contribution in [0.5, 0.6) is 0 Å². The van der Waals surface area contributed by atoms with E-state index in [0.717, 1.165) is 6.07 Å². The molecule has 2 rings (SSSR count). The first-order valence-corrected chi connectivity index (χ1v) is 4.06. The Morgan fingerprint density at radius 2 is 1.93 bits per heavy atom. The number of carbonyl (C=O) groups excluding carboxylic acids is 1. The zero-order valence-corrected chi connectivity index (χ0v) is 7.34. The van der Waals surface area contributed by atoms with Crippen molar-refractivity contribution in [1.29, 1.82) is 0 Å². The molecule has 0 radical (unpaired) electrons. The lowest BCUT2D eigenvalue weighted by molar-refractivity contribution is -0.152. The van der Waals surface area contributed by atoms with Gasteiger partial charge < -0.3 is 4.42 Å². The van der Waals surface area contributed by atoms with Crippen molar-refractivity contribution in [1.82, 2.24) is 0 Å². The summed E-state index contributed by atoms with van der Waals surface area (Å²) in [5, 5.41) is 0.270. The summed E-state index contributed by atoms with van der Waals surface area (Å²) < 4.78 is 41.3. The summed E-state index contributed by atoms with van der Waals surface area (Å²) in [6.45, 7) is 0. The van der Waals surface area contributed by atoms with Crippen LogP contribution in [0.4, 0.5) is 13.2 Å². The minimum absolute atomic E-state index is 0.118. The van der Waals surface area contributed by atoms with Gasteiger partial charge in [0.15, 0.2) is 0 Å². The van der Waals surface area contributed by atoms with E-state index in [9.17, 15) is 18.0 Å². The van der Waals surface area contributed by atoms with Crippen LogP contribution in [0.3, 0.4) is 0 Å². The van der Waals surface area contributed by atoms with E-state index in [0.29, 0.717) is 11.8 Å². The van der Waals surface area contributed by atoms with Gasteiger partial charge in [-0.2, -0.15) is 13.2 Å². The molecule has 2 aromatic rings. The molecular weight excluding hydrogens is 209 g/mol. The summed E-state index contributed by atoms with van der Waals surface area (Å²) in [6.07, 6.45) is -3.93. The lowest BCUT2D eigenvalue weighted by Gasteiger charge is -1.98. The number of hydrogen-bond donors (Lipinski definition) is 0. The minimum Gasteiger partial charge on any atom is -0.452 e.